The van der Waals surface area contributed by atoms with Gasteiger partial charge in [0.2, 0.25) is 0 Å². The Morgan fingerprint density at radius 3 is 1.57 bits per heavy atom. The predicted molar refractivity (Wildman–Crippen MR) is 116 cm³/mol. The third kappa shape index (κ3) is 6.54. The monoisotopic (exact) mass is 450 g/mol. The topological polar surface area (TPSA) is 76.7 Å². The highest BCUT2D eigenvalue weighted by molar-refractivity contribution is 6.32. The molecule has 160 valence electrons. The molecule has 0 radical (unpaired) electrons. The van der Waals surface area contributed by atoms with Crippen molar-refractivity contribution in [3.05, 3.63) is 58.6 Å². The average molecular weight is 451 g/mol. The first kappa shape index (κ1) is 22.2. The molecule has 3 rings (SSSR count). The summed E-state index contributed by atoms with van der Waals surface area (Å²) in [4.78, 5) is 24.7. The van der Waals surface area contributed by atoms with Crippen molar-refractivity contribution in [2.45, 2.75) is 37.8 Å². The van der Waals surface area contributed by atoms with Crippen LogP contribution >= 0.6 is 23.2 Å². The van der Waals surface area contributed by atoms with Gasteiger partial charge < -0.3 is 20.1 Å². The third-order valence-corrected chi connectivity index (χ3v) is 5.47. The van der Waals surface area contributed by atoms with Crippen molar-refractivity contribution in [3.63, 3.8) is 0 Å². The molecule has 2 N–H and O–H groups in total. The molecule has 0 bridgehead atoms. The fraction of sp³-hybridized carbons (Fsp3) is 0.364. The SMILES string of the molecule is O=C(COc1ccccc1Cl)NC1CCCCC1NC(=O)COc1ccccc1Cl. The van der Waals surface area contributed by atoms with Gasteiger partial charge in [0.05, 0.1) is 10.0 Å². The van der Waals surface area contributed by atoms with E-state index in [0.717, 1.165) is 25.7 Å². The third-order valence-electron chi connectivity index (χ3n) is 4.85. The van der Waals surface area contributed by atoms with Gasteiger partial charge in [0.15, 0.2) is 13.2 Å². The predicted octanol–water partition coefficient (Wildman–Crippen LogP) is 3.99. The highest BCUT2D eigenvalue weighted by Crippen LogP contribution is 2.24. The lowest BCUT2D eigenvalue weighted by atomic mass is 9.90. The minimum absolute atomic E-state index is 0.142. The van der Waals surface area contributed by atoms with E-state index in [-0.39, 0.29) is 37.1 Å². The summed E-state index contributed by atoms with van der Waals surface area (Å²) in [7, 11) is 0. The van der Waals surface area contributed by atoms with Crippen molar-refractivity contribution in [1.82, 2.24) is 10.6 Å². The first-order valence-corrected chi connectivity index (χ1v) is 10.6. The van der Waals surface area contributed by atoms with Gasteiger partial charge in [0.1, 0.15) is 11.5 Å². The molecule has 2 aromatic carbocycles. The van der Waals surface area contributed by atoms with Gasteiger partial charge in [0, 0.05) is 12.1 Å². The van der Waals surface area contributed by atoms with Crippen molar-refractivity contribution in [2.75, 3.05) is 13.2 Å². The van der Waals surface area contributed by atoms with E-state index >= 15 is 0 Å². The number of carbonyl (C=O) groups is 2. The van der Waals surface area contributed by atoms with Crippen LogP contribution in [0.1, 0.15) is 25.7 Å². The zero-order valence-corrected chi connectivity index (χ0v) is 17.9. The second-order valence-corrected chi connectivity index (χ2v) is 7.89. The summed E-state index contributed by atoms with van der Waals surface area (Å²) in [6, 6.07) is 13.7. The number of amides is 2. The fourth-order valence-corrected chi connectivity index (χ4v) is 3.76. The smallest absolute Gasteiger partial charge is 0.258 e. The maximum atomic E-state index is 12.3. The lowest BCUT2D eigenvalue weighted by Gasteiger charge is -2.32. The van der Waals surface area contributed by atoms with Crippen molar-refractivity contribution >= 4 is 35.0 Å². The van der Waals surface area contributed by atoms with Gasteiger partial charge in [-0.25, -0.2) is 0 Å². The Kier molecular flexibility index (Phi) is 8.22. The molecule has 0 aliphatic heterocycles. The number of carbonyl (C=O) groups excluding carboxylic acids is 2. The highest BCUT2D eigenvalue weighted by atomic mass is 35.5. The maximum Gasteiger partial charge on any atom is 0.258 e. The van der Waals surface area contributed by atoms with E-state index < -0.39 is 0 Å². The minimum atomic E-state index is -0.256. The lowest BCUT2D eigenvalue weighted by molar-refractivity contribution is -0.127. The molecule has 2 amide bonds. The van der Waals surface area contributed by atoms with Crippen molar-refractivity contribution in [3.8, 4) is 11.5 Å². The Morgan fingerprint density at radius 1 is 0.767 bits per heavy atom. The Bertz CT molecular complexity index is 806. The molecule has 0 aromatic heterocycles. The van der Waals surface area contributed by atoms with E-state index in [1.807, 2.05) is 0 Å². The van der Waals surface area contributed by atoms with Crippen LogP contribution in [0.2, 0.25) is 10.0 Å². The molecule has 1 aliphatic rings. The second kappa shape index (κ2) is 11.1. The van der Waals surface area contributed by atoms with E-state index in [4.69, 9.17) is 32.7 Å². The quantitative estimate of drug-likeness (QED) is 0.637. The van der Waals surface area contributed by atoms with E-state index in [0.29, 0.717) is 21.5 Å². The van der Waals surface area contributed by atoms with E-state index in [9.17, 15) is 9.59 Å². The zero-order valence-electron chi connectivity index (χ0n) is 16.4. The highest BCUT2D eigenvalue weighted by Gasteiger charge is 2.28. The van der Waals surface area contributed by atoms with Crippen LogP contribution in [-0.4, -0.2) is 37.1 Å². The van der Waals surface area contributed by atoms with Crippen LogP contribution in [0.5, 0.6) is 11.5 Å². The standard InChI is InChI=1S/C22H24Cl2N2O4/c23-15-7-1-5-11-19(15)29-13-21(27)25-17-9-3-4-10-18(17)26-22(28)14-30-20-12-6-2-8-16(20)24/h1-2,5-8,11-12,17-18H,3-4,9-10,13-14H2,(H,25,27)(H,26,28). The fourth-order valence-electron chi connectivity index (χ4n) is 3.38. The van der Waals surface area contributed by atoms with Crippen molar-refractivity contribution < 1.29 is 19.1 Å². The summed E-state index contributed by atoms with van der Waals surface area (Å²) >= 11 is 12.1. The molecular formula is C22H24Cl2N2O4. The first-order chi connectivity index (χ1) is 14.5. The number of benzene rings is 2. The minimum Gasteiger partial charge on any atom is -0.482 e. The molecule has 6 nitrogen and oxygen atoms in total. The summed E-state index contributed by atoms with van der Waals surface area (Å²) in [6.45, 7) is -0.285. The molecule has 2 unspecified atom stereocenters. The molecular weight excluding hydrogens is 427 g/mol. The molecule has 0 saturated heterocycles. The van der Waals surface area contributed by atoms with Gasteiger partial charge in [-0.05, 0) is 37.1 Å². The van der Waals surface area contributed by atoms with Gasteiger partial charge in [-0.1, -0.05) is 60.3 Å². The van der Waals surface area contributed by atoms with Crippen LogP contribution in [0.15, 0.2) is 48.5 Å². The summed E-state index contributed by atoms with van der Waals surface area (Å²) in [5.41, 5.74) is 0. The number of ether oxygens (including phenoxy) is 2. The van der Waals surface area contributed by atoms with Gasteiger partial charge in [-0.2, -0.15) is 0 Å². The molecule has 2 atom stereocenters. The van der Waals surface area contributed by atoms with Gasteiger partial charge in [0.25, 0.3) is 11.8 Å². The molecule has 1 fully saturated rings. The number of para-hydroxylation sites is 2. The molecule has 0 spiro atoms. The molecule has 1 aliphatic carbocycles. The van der Waals surface area contributed by atoms with Crippen LogP contribution in [0, 0.1) is 0 Å². The Balaban J connectivity index is 1.48. The average Bonchev–Trinajstić information content (AvgIpc) is 2.74. The normalized spacial score (nSPS) is 18.3. The number of nitrogens with one attached hydrogen (secondary N) is 2. The summed E-state index contributed by atoms with van der Waals surface area (Å²) in [5.74, 6) is 0.404. The van der Waals surface area contributed by atoms with Gasteiger partial charge >= 0.3 is 0 Å². The van der Waals surface area contributed by atoms with Crippen molar-refractivity contribution in [1.29, 1.82) is 0 Å². The number of halogens is 2. The lowest BCUT2D eigenvalue weighted by Crippen LogP contribution is -2.54. The van der Waals surface area contributed by atoms with Crippen LogP contribution in [0.3, 0.4) is 0 Å². The van der Waals surface area contributed by atoms with Crippen LogP contribution in [-0.2, 0) is 9.59 Å². The molecule has 30 heavy (non-hydrogen) atoms. The Hall–Kier alpha value is -2.44. The van der Waals surface area contributed by atoms with Crippen LogP contribution in [0.25, 0.3) is 0 Å². The molecule has 8 heteroatoms. The number of hydrogen-bond donors (Lipinski definition) is 2. The second-order valence-electron chi connectivity index (χ2n) is 7.07. The van der Waals surface area contributed by atoms with Crippen molar-refractivity contribution in [2.24, 2.45) is 0 Å². The largest absolute Gasteiger partial charge is 0.482 e. The summed E-state index contributed by atoms with van der Waals surface area (Å²) in [5, 5.41) is 6.83. The number of rotatable bonds is 8. The van der Waals surface area contributed by atoms with Crippen LogP contribution in [0.4, 0.5) is 0 Å². The molecule has 2 aromatic rings. The Labute approximate surface area is 185 Å². The maximum absolute atomic E-state index is 12.3. The molecule has 0 heterocycles. The van der Waals surface area contributed by atoms with Crippen LogP contribution < -0.4 is 20.1 Å². The zero-order chi connectivity index (χ0) is 21.3. The van der Waals surface area contributed by atoms with Gasteiger partial charge in [-0.3, -0.25) is 9.59 Å². The van der Waals surface area contributed by atoms with E-state index in [1.165, 1.54) is 0 Å². The van der Waals surface area contributed by atoms with E-state index in [1.54, 1.807) is 48.5 Å². The van der Waals surface area contributed by atoms with Gasteiger partial charge in [-0.15, -0.1) is 0 Å². The Morgan fingerprint density at radius 2 is 1.17 bits per heavy atom. The first-order valence-electron chi connectivity index (χ1n) is 9.86. The van der Waals surface area contributed by atoms with E-state index in [2.05, 4.69) is 10.6 Å². The summed E-state index contributed by atoms with van der Waals surface area (Å²) < 4.78 is 11.0. The summed E-state index contributed by atoms with van der Waals surface area (Å²) in [6.07, 6.45) is 3.54. The molecule has 1 saturated carbocycles. The number of hydrogen-bond acceptors (Lipinski definition) is 4.